The third kappa shape index (κ3) is 31.2. The molecule has 0 bridgehead atoms. The molecule has 0 aliphatic carbocycles. The summed E-state index contributed by atoms with van der Waals surface area (Å²) in [5, 5.41) is 12.6. The highest BCUT2D eigenvalue weighted by Crippen LogP contribution is 2.50. The van der Waals surface area contributed by atoms with Crippen LogP contribution in [0.4, 0.5) is 0 Å². The van der Waals surface area contributed by atoms with Crippen LogP contribution in [0.15, 0.2) is 72.8 Å². The molecule has 0 radical (unpaired) electrons. The molecule has 0 saturated carbocycles. The Balaban J connectivity index is 1.09. The van der Waals surface area contributed by atoms with E-state index >= 15 is 0 Å². The summed E-state index contributed by atoms with van der Waals surface area (Å²) in [6.45, 7) is 30.6. The molecule has 0 unspecified atom stereocenters. The average molecular weight is 1600 g/mol. The number of hydrogen-bond acceptors (Lipinski definition) is 14. The average Bonchev–Trinajstić information content (AvgIpc) is 0.732. The highest BCUT2D eigenvalue weighted by atomic mass is 16.6. The van der Waals surface area contributed by atoms with Gasteiger partial charge in [-0.25, -0.2) is 0 Å². The zero-order chi connectivity index (χ0) is 81.8. The van der Waals surface area contributed by atoms with Gasteiger partial charge in [-0.05, 0) is 202 Å². The molecular formula is C102H154O14. The number of fused-ring (bicyclic) bond motifs is 12. The Hall–Kier alpha value is -7.16. The van der Waals surface area contributed by atoms with Gasteiger partial charge in [0.25, 0.3) is 0 Å². The summed E-state index contributed by atoms with van der Waals surface area (Å²) in [4.78, 5) is 0. The Kier molecular flexibility index (Phi) is 46.4. The first-order valence-electron chi connectivity index (χ1n) is 47.1. The van der Waals surface area contributed by atoms with Crippen molar-refractivity contribution < 1.29 is 66.3 Å². The van der Waals surface area contributed by atoms with Crippen LogP contribution >= 0.6 is 0 Å². The predicted octanol–water partition coefficient (Wildman–Crippen LogP) is 29.7. The summed E-state index contributed by atoms with van der Waals surface area (Å²) in [6, 6.07) is 26.5. The molecule has 14 heteroatoms. The molecule has 8 aromatic rings. The maximum Gasteiger partial charge on any atom is 0.161 e. The van der Waals surface area contributed by atoms with Gasteiger partial charge in [0.2, 0.25) is 0 Å². The lowest BCUT2D eigenvalue weighted by Crippen LogP contribution is -2.14. The lowest BCUT2D eigenvalue weighted by molar-refractivity contribution is 0.0268. The van der Waals surface area contributed by atoms with Gasteiger partial charge in [-0.2, -0.15) is 0 Å². The van der Waals surface area contributed by atoms with Gasteiger partial charge in [-0.3, -0.25) is 0 Å². The summed E-state index contributed by atoms with van der Waals surface area (Å²) in [5.41, 5.74) is 0. The molecule has 0 saturated heterocycles. The molecule has 0 aromatic heterocycles. The lowest BCUT2D eigenvalue weighted by atomic mass is 9.93. The first-order valence-corrected chi connectivity index (χ1v) is 47.1. The fourth-order valence-corrected chi connectivity index (χ4v) is 15.2. The van der Waals surface area contributed by atoms with E-state index in [1.54, 1.807) is 0 Å². The molecule has 0 heterocycles. The van der Waals surface area contributed by atoms with Crippen molar-refractivity contribution >= 4 is 64.6 Å². The number of benzene rings is 8. The molecule has 0 aliphatic heterocycles. The van der Waals surface area contributed by atoms with E-state index in [-0.39, 0.29) is 0 Å². The summed E-state index contributed by atoms with van der Waals surface area (Å²) < 4.78 is 94.2. The van der Waals surface area contributed by atoms with Crippen LogP contribution in [-0.4, -0.2) is 106 Å². The fraction of sp³-hybridized carbons (Fsp3) is 0.647. The monoisotopic (exact) mass is 1600 g/mol. The van der Waals surface area contributed by atoms with E-state index in [4.69, 9.17) is 66.3 Å². The third-order valence-corrected chi connectivity index (χ3v) is 22.1. The normalized spacial score (nSPS) is 11.6. The standard InChI is InChI=1S/C102H154O14/c1-11-21-31-41-51-105-91-67-79-81-69-93(107-53-43-33-23-13-3)97(111-57-47-37-27-17-7)73-85(81)89-77-101(99(113-59-49-39-29-19-9)75-87(89)83(79)71-95(91)109-55-45-35-25-15-5)115-65-63-103-61-62-104-64-66-116-102-78-90-86-74-98(112-58-48-38-28-18-8)94(108-54-44-34-24-14-4)70-82(86)80-68-92(106-52-42-32-22-12-2)96(110-56-46-36-26-16-6)72-84(80)88(90)76-100(102)114-60-50-40-30-20-10/h67-78H,11-66H2,1-10H3. The second kappa shape index (κ2) is 57.1. The van der Waals surface area contributed by atoms with Gasteiger partial charge in [-0.1, -0.05) is 262 Å². The van der Waals surface area contributed by atoms with Crippen LogP contribution in [0, 0.1) is 0 Å². The van der Waals surface area contributed by atoms with Crippen LogP contribution in [-0.2, 0) is 9.47 Å². The van der Waals surface area contributed by atoms with Crippen molar-refractivity contribution in [1.82, 2.24) is 0 Å². The quantitative estimate of drug-likeness (QED) is 0.0265. The van der Waals surface area contributed by atoms with E-state index in [9.17, 15) is 0 Å². The van der Waals surface area contributed by atoms with Crippen molar-refractivity contribution in [3.63, 3.8) is 0 Å². The highest BCUT2D eigenvalue weighted by molar-refractivity contribution is 6.28. The summed E-state index contributed by atoms with van der Waals surface area (Å²) in [5.74, 6) is 8.87. The van der Waals surface area contributed by atoms with E-state index < -0.39 is 0 Å². The molecule has 0 amide bonds. The molecule has 646 valence electrons. The van der Waals surface area contributed by atoms with Crippen LogP contribution in [0.2, 0.25) is 0 Å². The molecule has 116 heavy (non-hydrogen) atoms. The topological polar surface area (TPSA) is 129 Å². The maximum atomic E-state index is 6.84. The van der Waals surface area contributed by atoms with E-state index in [2.05, 4.69) is 142 Å². The molecule has 0 aliphatic rings. The summed E-state index contributed by atoms with van der Waals surface area (Å²) >= 11 is 0. The van der Waals surface area contributed by atoms with Crippen molar-refractivity contribution in [3.05, 3.63) is 72.8 Å². The molecule has 0 spiro atoms. The second-order valence-corrected chi connectivity index (χ2v) is 32.1. The first kappa shape index (κ1) is 94.3. The number of unbranched alkanes of at least 4 members (excludes halogenated alkanes) is 30. The van der Waals surface area contributed by atoms with Gasteiger partial charge >= 0.3 is 0 Å². The minimum absolute atomic E-state index is 0.304. The van der Waals surface area contributed by atoms with Gasteiger partial charge in [-0.15, -0.1) is 0 Å². The first-order chi connectivity index (χ1) is 57.3. The molecule has 0 fully saturated rings. The lowest BCUT2D eigenvalue weighted by Gasteiger charge is -2.21. The number of ether oxygens (including phenoxy) is 14. The van der Waals surface area contributed by atoms with Crippen molar-refractivity contribution in [3.8, 4) is 69.0 Å². The molecule has 14 nitrogen and oxygen atoms in total. The minimum atomic E-state index is 0.304. The third-order valence-electron chi connectivity index (χ3n) is 22.1. The van der Waals surface area contributed by atoms with E-state index in [0.717, 1.165) is 303 Å². The summed E-state index contributed by atoms with van der Waals surface area (Å²) in [7, 11) is 0. The Morgan fingerprint density at radius 1 is 0.121 bits per heavy atom. The van der Waals surface area contributed by atoms with Crippen molar-refractivity contribution in [1.29, 1.82) is 0 Å². The van der Waals surface area contributed by atoms with Crippen LogP contribution in [0.5, 0.6) is 69.0 Å². The predicted molar refractivity (Wildman–Crippen MR) is 487 cm³/mol. The molecule has 8 rings (SSSR count). The smallest absolute Gasteiger partial charge is 0.161 e. The number of rotatable bonds is 71. The van der Waals surface area contributed by atoms with Crippen LogP contribution < -0.4 is 56.8 Å². The van der Waals surface area contributed by atoms with Gasteiger partial charge in [0.15, 0.2) is 69.0 Å². The van der Waals surface area contributed by atoms with E-state index in [0.29, 0.717) is 129 Å². The summed E-state index contributed by atoms with van der Waals surface area (Å²) in [6.07, 6.45) is 44.2. The van der Waals surface area contributed by atoms with Crippen molar-refractivity contribution in [2.75, 3.05) is 106 Å². The Bertz CT molecular complexity index is 3660. The maximum absolute atomic E-state index is 6.84. The van der Waals surface area contributed by atoms with Gasteiger partial charge < -0.3 is 66.3 Å². The van der Waals surface area contributed by atoms with Gasteiger partial charge in [0.05, 0.1) is 92.5 Å². The Labute approximate surface area is 700 Å². The zero-order valence-corrected chi connectivity index (χ0v) is 74.2. The van der Waals surface area contributed by atoms with E-state index in [1.807, 2.05) is 0 Å². The molecular weight excluding hydrogens is 1450 g/mol. The fourth-order valence-electron chi connectivity index (χ4n) is 15.2. The van der Waals surface area contributed by atoms with Crippen molar-refractivity contribution in [2.45, 2.75) is 326 Å². The zero-order valence-electron chi connectivity index (χ0n) is 74.2. The largest absolute Gasteiger partial charge is 0.490 e. The SMILES string of the molecule is CCCCCCOc1cc2c3cc(OCCCCCC)c(OCCCCCC)cc3c3cc(OCCOCCOCCOc4cc5c6cc(OCCCCCC)c(OCCCCCC)cc6c6cc(OCCCCCC)c(OCCCCCC)cc6c5cc4OCCCCCC)c(OCCCCCC)cc3c2cc1OCCCCCC. The highest BCUT2D eigenvalue weighted by Gasteiger charge is 2.24. The second-order valence-electron chi connectivity index (χ2n) is 32.1. The number of hydrogen-bond donors (Lipinski definition) is 0. The van der Waals surface area contributed by atoms with Gasteiger partial charge in [0.1, 0.15) is 13.2 Å². The molecule has 8 aromatic carbocycles. The van der Waals surface area contributed by atoms with Gasteiger partial charge in [0, 0.05) is 0 Å². The van der Waals surface area contributed by atoms with Crippen LogP contribution in [0.25, 0.3) is 64.6 Å². The Morgan fingerprint density at radius 3 is 0.336 bits per heavy atom. The van der Waals surface area contributed by atoms with Crippen LogP contribution in [0.3, 0.4) is 0 Å². The molecule has 0 atom stereocenters. The molecule has 0 N–H and O–H groups in total. The van der Waals surface area contributed by atoms with Crippen molar-refractivity contribution in [2.24, 2.45) is 0 Å². The van der Waals surface area contributed by atoms with E-state index in [1.165, 1.54) is 64.2 Å². The van der Waals surface area contributed by atoms with Crippen LogP contribution in [0.1, 0.15) is 326 Å². The minimum Gasteiger partial charge on any atom is -0.490 e. The Morgan fingerprint density at radius 2 is 0.224 bits per heavy atom.